The Labute approximate surface area is 139 Å². The topological polar surface area (TPSA) is 73.9 Å². The Bertz CT molecular complexity index is 551. The second kappa shape index (κ2) is 7.06. The summed E-state index contributed by atoms with van der Waals surface area (Å²) >= 11 is 0. The first-order chi connectivity index (χ1) is 10.7. The minimum absolute atomic E-state index is 0.133. The molecule has 1 radical (unpaired) electrons. The molecule has 125 valence electrons. The molecule has 0 spiro atoms. The van der Waals surface area contributed by atoms with Crippen LogP contribution in [0.2, 0.25) is 0 Å². The van der Waals surface area contributed by atoms with Gasteiger partial charge in [-0.2, -0.15) is 10.4 Å². The summed E-state index contributed by atoms with van der Waals surface area (Å²) in [6.07, 6.45) is 8.93. The van der Waals surface area contributed by atoms with Crippen molar-refractivity contribution >= 4 is 12.9 Å². The molecule has 1 fully saturated rings. The fourth-order valence-corrected chi connectivity index (χ4v) is 2.86. The molecule has 1 saturated carbocycles. The summed E-state index contributed by atoms with van der Waals surface area (Å²) in [6, 6.07) is 2.42. The minimum Gasteiger partial charge on any atom is -0.848 e. The van der Waals surface area contributed by atoms with Crippen LogP contribution in [0.1, 0.15) is 65.8 Å². The van der Waals surface area contributed by atoms with Crippen molar-refractivity contribution < 1.29 is 9.76 Å². The molecule has 1 heterocycles. The van der Waals surface area contributed by atoms with Gasteiger partial charge in [-0.3, -0.25) is 4.68 Å². The van der Waals surface area contributed by atoms with Gasteiger partial charge < -0.3 is 9.76 Å². The van der Waals surface area contributed by atoms with Crippen LogP contribution < -0.4 is 10.6 Å². The third kappa shape index (κ3) is 4.36. The van der Waals surface area contributed by atoms with Gasteiger partial charge in [0.1, 0.15) is 0 Å². The highest BCUT2D eigenvalue weighted by molar-refractivity contribution is 6.46. The molecule has 1 aromatic rings. The molecule has 1 atom stereocenters. The van der Waals surface area contributed by atoms with Crippen molar-refractivity contribution in [2.24, 2.45) is 5.92 Å². The number of hydrogen-bond donors (Lipinski definition) is 0. The molecule has 1 aromatic heterocycles. The van der Waals surface area contributed by atoms with E-state index < -0.39 is 11.2 Å². The van der Waals surface area contributed by atoms with Crippen LogP contribution >= 0.6 is 0 Å². The van der Waals surface area contributed by atoms with E-state index >= 15 is 0 Å². The van der Waals surface area contributed by atoms with E-state index in [2.05, 4.69) is 11.2 Å². The monoisotopic (exact) mass is 315 g/mol. The Kier molecular flexibility index (Phi) is 5.54. The molecule has 6 heteroatoms. The maximum atomic E-state index is 12.1. The van der Waals surface area contributed by atoms with Crippen LogP contribution in [0.25, 0.3) is 0 Å². The zero-order valence-corrected chi connectivity index (χ0v) is 14.6. The summed E-state index contributed by atoms with van der Waals surface area (Å²) in [7, 11) is 1.60. The molecular formula is C17H26BN3O2-. The SMILES string of the molecule is CC(C)([O-])C(C)(C)O[B]c1cnn(C(CC#N)C2CCCC2)c1. The van der Waals surface area contributed by atoms with E-state index in [1.165, 1.54) is 25.7 Å². The van der Waals surface area contributed by atoms with Gasteiger partial charge in [-0.25, -0.2) is 0 Å². The first-order valence-electron chi connectivity index (χ1n) is 8.37. The number of aromatic nitrogens is 2. The summed E-state index contributed by atoms with van der Waals surface area (Å²) in [5, 5.41) is 25.6. The van der Waals surface area contributed by atoms with Gasteiger partial charge in [-0.1, -0.05) is 32.3 Å². The van der Waals surface area contributed by atoms with E-state index in [-0.39, 0.29) is 6.04 Å². The van der Waals surface area contributed by atoms with Crippen molar-refractivity contribution in [3.05, 3.63) is 12.4 Å². The molecule has 1 aliphatic rings. The lowest BCUT2D eigenvalue weighted by Crippen LogP contribution is -2.57. The van der Waals surface area contributed by atoms with Crippen molar-refractivity contribution in [3.8, 4) is 6.07 Å². The normalized spacial score (nSPS) is 17.9. The van der Waals surface area contributed by atoms with Crippen LogP contribution in [-0.2, 0) is 4.65 Å². The Morgan fingerprint density at radius 1 is 1.43 bits per heavy atom. The average Bonchev–Trinajstić information content (AvgIpc) is 3.13. The van der Waals surface area contributed by atoms with Gasteiger partial charge in [-0.05, 0) is 38.1 Å². The largest absolute Gasteiger partial charge is 0.848 e. The number of nitrogens with zero attached hydrogens (tertiary/aromatic N) is 3. The molecule has 1 aliphatic carbocycles. The summed E-state index contributed by atoms with van der Waals surface area (Å²) in [6.45, 7) is 6.82. The van der Waals surface area contributed by atoms with Crippen molar-refractivity contribution in [3.63, 3.8) is 0 Å². The number of rotatable bonds is 7. The predicted molar refractivity (Wildman–Crippen MR) is 88.1 cm³/mol. The van der Waals surface area contributed by atoms with Gasteiger partial charge in [0.15, 0.2) is 0 Å². The minimum atomic E-state index is -1.20. The van der Waals surface area contributed by atoms with Gasteiger partial charge in [-0.15, -0.1) is 0 Å². The van der Waals surface area contributed by atoms with Gasteiger partial charge in [0.2, 0.25) is 0 Å². The zero-order chi connectivity index (χ0) is 17.1. The maximum Gasteiger partial charge on any atom is 0.333 e. The molecule has 1 unspecified atom stereocenters. The standard InChI is InChI=1S/C17H26BN3O2/c1-16(2,22)17(3,4)23-18-14-11-20-21(12-14)15(9-10-19)13-7-5-6-8-13/h11-13,15H,5-9H2,1-4H3/q-1. The molecular weight excluding hydrogens is 289 g/mol. The molecule has 0 bridgehead atoms. The van der Waals surface area contributed by atoms with E-state index in [0.717, 1.165) is 5.46 Å². The molecule has 0 saturated heterocycles. The fraction of sp³-hybridized carbons (Fsp3) is 0.765. The Balaban J connectivity index is 2.03. The second-order valence-electron chi connectivity index (χ2n) is 7.48. The maximum absolute atomic E-state index is 12.1. The van der Waals surface area contributed by atoms with E-state index in [4.69, 9.17) is 9.92 Å². The molecule has 0 N–H and O–H groups in total. The molecule has 2 rings (SSSR count). The fourth-order valence-electron chi connectivity index (χ4n) is 2.86. The van der Waals surface area contributed by atoms with E-state index in [1.54, 1.807) is 41.4 Å². The van der Waals surface area contributed by atoms with Crippen molar-refractivity contribution in [1.82, 2.24) is 9.78 Å². The molecule has 5 nitrogen and oxygen atoms in total. The van der Waals surface area contributed by atoms with Crippen molar-refractivity contribution in [2.45, 2.75) is 77.0 Å². The van der Waals surface area contributed by atoms with Crippen LogP contribution in [-0.4, -0.2) is 28.5 Å². The molecule has 0 amide bonds. The van der Waals surface area contributed by atoms with Crippen LogP contribution in [0.5, 0.6) is 0 Å². The first kappa shape index (κ1) is 18.0. The highest BCUT2D eigenvalue weighted by Crippen LogP contribution is 2.35. The van der Waals surface area contributed by atoms with Crippen LogP contribution in [0.4, 0.5) is 0 Å². The van der Waals surface area contributed by atoms with E-state index in [9.17, 15) is 5.11 Å². The summed E-state index contributed by atoms with van der Waals surface area (Å²) in [4.78, 5) is 0. The lowest BCUT2D eigenvalue weighted by Gasteiger charge is -2.47. The zero-order valence-electron chi connectivity index (χ0n) is 14.6. The highest BCUT2D eigenvalue weighted by atomic mass is 16.5. The first-order valence-corrected chi connectivity index (χ1v) is 8.37. The van der Waals surface area contributed by atoms with Crippen LogP contribution in [0.3, 0.4) is 0 Å². The number of nitriles is 1. The third-order valence-electron chi connectivity index (χ3n) is 5.15. The smallest absolute Gasteiger partial charge is 0.333 e. The quantitative estimate of drug-likeness (QED) is 0.718. The van der Waals surface area contributed by atoms with Gasteiger partial charge in [0.05, 0.1) is 18.5 Å². The lowest BCUT2D eigenvalue weighted by molar-refractivity contribution is -0.495. The van der Waals surface area contributed by atoms with Crippen LogP contribution in [0, 0.1) is 17.2 Å². The summed E-state index contributed by atoms with van der Waals surface area (Å²) in [5.74, 6) is 0.528. The number of hydrogen-bond acceptors (Lipinski definition) is 4. The molecule has 0 aromatic carbocycles. The second-order valence-corrected chi connectivity index (χ2v) is 7.48. The Hall–Kier alpha value is -1.32. The summed E-state index contributed by atoms with van der Waals surface area (Å²) < 4.78 is 7.60. The lowest BCUT2D eigenvalue weighted by atomic mass is 9.84. The summed E-state index contributed by atoms with van der Waals surface area (Å²) in [5.41, 5.74) is -1.19. The van der Waals surface area contributed by atoms with Crippen molar-refractivity contribution in [2.75, 3.05) is 0 Å². The van der Waals surface area contributed by atoms with Gasteiger partial charge in [0.25, 0.3) is 0 Å². The van der Waals surface area contributed by atoms with Gasteiger partial charge >= 0.3 is 7.48 Å². The van der Waals surface area contributed by atoms with E-state index in [1.807, 2.05) is 10.9 Å². The van der Waals surface area contributed by atoms with Crippen LogP contribution in [0.15, 0.2) is 12.4 Å². The van der Waals surface area contributed by atoms with Crippen molar-refractivity contribution in [1.29, 1.82) is 5.26 Å². The third-order valence-corrected chi connectivity index (χ3v) is 5.15. The van der Waals surface area contributed by atoms with Gasteiger partial charge in [0, 0.05) is 18.0 Å². The Morgan fingerprint density at radius 3 is 2.65 bits per heavy atom. The average molecular weight is 315 g/mol. The van der Waals surface area contributed by atoms with E-state index in [0.29, 0.717) is 12.3 Å². The highest BCUT2D eigenvalue weighted by Gasteiger charge is 2.29. The Morgan fingerprint density at radius 2 is 2.09 bits per heavy atom. The molecule has 23 heavy (non-hydrogen) atoms. The predicted octanol–water partition coefficient (Wildman–Crippen LogP) is 1.71. The molecule has 0 aliphatic heterocycles.